The Kier molecular flexibility index (Phi) is 4.36. The highest BCUT2D eigenvalue weighted by Gasteiger charge is 2.29. The van der Waals surface area contributed by atoms with Gasteiger partial charge in [0.15, 0.2) is 0 Å². The van der Waals surface area contributed by atoms with E-state index in [-0.39, 0.29) is 5.82 Å². The molecule has 0 saturated heterocycles. The van der Waals surface area contributed by atoms with Gasteiger partial charge in [0.2, 0.25) is 0 Å². The zero-order valence-corrected chi connectivity index (χ0v) is 11.3. The van der Waals surface area contributed by atoms with Crippen LogP contribution in [0.25, 0.3) is 0 Å². The van der Waals surface area contributed by atoms with Crippen LogP contribution < -0.4 is 5.73 Å². The third kappa shape index (κ3) is 3.53. The normalized spacial score (nSPS) is 15.7. The first kappa shape index (κ1) is 13.5. The van der Waals surface area contributed by atoms with Crippen molar-refractivity contribution < 1.29 is 4.39 Å². The molecular formula is C15H23FN2. The van der Waals surface area contributed by atoms with E-state index in [9.17, 15) is 4.39 Å². The number of nitrogens with zero attached hydrogens (tertiary/aromatic N) is 1. The van der Waals surface area contributed by atoms with Crippen LogP contribution in [0.5, 0.6) is 0 Å². The molecule has 0 atom stereocenters. The lowest BCUT2D eigenvalue weighted by Gasteiger charge is -2.24. The molecule has 1 fully saturated rings. The first-order chi connectivity index (χ1) is 8.60. The molecule has 0 heterocycles. The van der Waals surface area contributed by atoms with Crippen LogP contribution in [0.1, 0.15) is 37.8 Å². The summed E-state index contributed by atoms with van der Waals surface area (Å²) in [6.45, 7) is 6.64. The fraction of sp³-hybridized carbons (Fsp3) is 0.600. The average molecular weight is 250 g/mol. The van der Waals surface area contributed by atoms with E-state index in [1.807, 2.05) is 6.07 Å². The monoisotopic (exact) mass is 250 g/mol. The van der Waals surface area contributed by atoms with Crippen molar-refractivity contribution in [2.45, 2.75) is 45.8 Å². The summed E-state index contributed by atoms with van der Waals surface area (Å²) in [6.07, 6.45) is 2.51. The summed E-state index contributed by atoms with van der Waals surface area (Å²) in [5, 5.41) is 0. The van der Waals surface area contributed by atoms with Crippen LogP contribution >= 0.6 is 0 Å². The third-order valence-corrected chi connectivity index (χ3v) is 3.38. The van der Waals surface area contributed by atoms with Gasteiger partial charge in [-0.1, -0.05) is 26.0 Å². The maximum atomic E-state index is 13.8. The van der Waals surface area contributed by atoms with Crippen LogP contribution in [0.4, 0.5) is 4.39 Å². The Bertz CT molecular complexity index is 399. The first-order valence-corrected chi connectivity index (χ1v) is 6.81. The van der Waals surface area contributed by atoms with Crippen LogP contribution in [-0.4, -0.2) is 17.5 Å². The molecule has 0 unspecified atom stereocenters. The Morgan fingerprint density at radius 2 is 2.11 bits per heavy atom. The van der Waals surface area contributed by atoms with Gasteiger partial charge in [0.05, 0.1) is 0 Å². The average Bonchev–Trinajstić information content (AvgIpc) is 3.14. The maximum absolute atomic E-state index is 13.8. The van der Waals surface area contributed by atoms with Gasteiger partial charge in [0, 0.05) is 31.2 Å². The number of rotatable bonds is 6. The molecule has 18 heavy (non-hydrogen) atoms. The number of halogens is 1. The van der Waals surface area contributed by atoms with E-state index in [0.717, 1.165) is 17.7 Å². The van der Waals surface area contributed by atoms with Crippen LogP contribution in [0.3, 0.4) is 0 Å². The molecule has 2 nitrogen and oxygen atoms in total. The van der Waals surface area contributed by atoms with E-state index in [2.05, 4.69) is 18.7 Å². The van der Waals surface area contributed by atoms with Gasteiger partial charge in [-0.3, -0.25) is 4.90 Å². The molecule has 100 valence electrons. The van der Waals surface area contributed by atoms with E-state index in [1.54, 1.807) is 6.07 Å². The predicted molar refractivity (Wildman–Crippen MR) is 72.6 cm³/mol. The molecule has 1 aromatic rings. The molecule has 1 saturated carbocycles. The van der Waals surface area contributed by atoms with Gasteiger partial charge in [-0.25, -0.2) is 4.39 Å². The minimum Gasteiger partial charge on any atom is -0.326 e. The molecule has 1 aliphatic carbocycles. The lowest BCUT2D eigenvalue weighted by Crippen LogP contribution is -2.30. The molecule has 3 heteroatoms. The third-order valence-electron chi connectivity index (χ3n) is 3.38. The quantitative estimate of drug-likeness (QED) is 0.841. The fourth-order valence-corrected chi connectivity index (χ4v) is 2.35. The van der Waals surface area contributed by atoms with E-state index in [1.165, 1.54) is 18.9 Å². The standard InChI is InChI=1S/C15H23FN2/c1-11(2)9-18(14-4-5-14)10-13-7-12(8-17)3-6-15(13)16/h3,6-7,11,14H,4-5,8-10,17H2,1-2H3. The maximum Gasteiger partial charge on any atom is 0.127 e. The van der Waals surface area contributed by atoms with Crippen molar-refractivity contribution in [2.75, 3.05) is 6.54 Å². The molecule has 1 aliphatic rings. The van der Waals surface area contributed by atoms with Crippen molar-refractivity contribution in [3.05, 3.63) is 35.1 Å². The van der Waals surface area contributed by atoms with Gasteiger partial charge in [-0.15, -0.1) is 0 Å². The van der Waals surface area contributed by atoms with Gasteiger partial charge < -0.3 is 5.73 Å². The number of nitrogens with two attached hydrogens (primary N) is 1. The SMILES string of the molecule is CC(C)CN(Cc1cc(CN)ccc1F)C1CC1. The number of benzene rings is 1. The van der Waals surface area contributed by atoms with Crippen molar-refractivity contribution in [2.24, 2.45) is 11.7 Å². The number of hydrogen-bond donors (Lipinski definition) is 1. The van der Waals surface area contributed by atoms with Crippen molar-refractivity contribution >= 4 is 0 Å². The van der Waals surface area contributed by atoms with E-state index in [4.69, 9.17) is 5.73 Å². The van der Waals surface area contributed by atoms with Crippen molar-refractivity contribution in [3.8, 4) is 0 Å². The van der Waals surface area contributed by atoms with Gasteiger partial charge in [0.25, 0.3) is 0 Å². The summed E-state index contributed by atoms with van der Waals surface area (Å²) in [4.78, 5) is 2.41. The second-order valence-electron chi connectivity index (χ2n) is 5.68. The van der Waals surface area contributed by atoms with Crippen LogP contribution in [0, 0.1) is 11.7 Å². The second kappa shape index (κ2) is 5.81. The van der Waals surface area contributed by atoms with Crippen LogP contribution in [0.15, 0.2) is 18.2 Å². The van der Waals surface area contributed by atoms with Crippen molar-refractivity contribution in [1.29, 1.82) is 0 Å². The second-order valence-corrected chi connectivity index (χ2v) is 5.68. The fourth-order valence-electron chi connectivity index (χ4n) is 2.35. The van der Waals surface area contributed by atoms with Crippen LogP contribution in [0.2, 0.25) is 0 Å². The predicted octanol–water partition coefficient (Wildman–Crippen LogP) is 2.90. The molecule has 1 aromatic carbocycles. The molecule has 2 N–H and O–H groups in total. The van der Waals surface area contributed by atoms with Gasteiger partial charge in [0.1, 0.15) is 5.82 Å². The van der Waals surface area contributed by atoms with Gasteiger partial charge in [-0.2, -0.15) is 0 Å². The molecular weight excluding hydrogens is 227 g/mol. The lowest BCUT2D eigenvalue weighted by atomic mass is 10.1. The minimum atomic E-state index is -0.110. The Morgan fingerprint density at radius 3 is 2.67 bits per heavy atom. The Morgan fingerprint density at radius 1 is 1.39 bits per heavy atom. The molecule has 0 spiro atoms. The van der Waals surface area contributed by atoms with Gasteiger partial charge >= 0.3 is 0 Å². The summed E-state index contributed by atoms with van der Waals surface area (Å²) in [6, 6.07) is 5.87. The van der Waals surface area contributed by atoms with Crippen LogP contribution in [-0.2, 0) is 13.1 Å². The minimum absolute atomic E-state index is 0.110. The Balaban J connectivity index is 2.09. The summed E-state index contributed by atoms with van der Waals surface area (Å²) in [7, 11) is 0. The molecule has 2 rings (SSSR count). The topological polar surface area (TPSA) is 29.3 Å². The zero-order chi connectivity index (χ0) is 13.1. The van der Waals surface area contributed by atoms with Gasteiger partial charge in [-0.05, 0) is 30.4 Å². The number of hydrogen-bond acceptors (Lipinski definition) is 2. The van der Waals surface area contributed by atoms with E-state index < -0.39 is 0 Å². The summed E-state index contributed by atoms with van der Waals surface area (Å²) in [5.41, 5.74) is 7.41. The molecule has 0 aromatic heterocycles. The lowest BCUT2D eigenvalue weighted by molar-refractivity contribution is 0.223. The Hall–Kier alpha value is -0.930. The summed E-state index contributed by atoms with van der Waals surface area (Å²) < 4.78 is 13.8. The van der Waals surface area contributed by atoms with E-state index in [0.29, 0.717) is 25.0 Å². The molecule has 0 bridgehead atoms. The van der Waals surface area contributed by atoms with E-state index >= 15 is 0 Å². The molecule has 0 amide bonds. The molecule has 0 radical (unpaired) electrons. The zero-order valence-electron chi connectivity index (χ0n) is 11.3. The Labute approximate surface area is 109 Å². The highest BCUT2D eigenvalue weighted by molar-refractivity contribution is 5.25. The molecule has 0 aliphatic heterocycles. The summed E-state index contributed by atoms with van der Waals surface area (Å²) in [5.74, 6) is 0.507. The summed E-state index contributed by atoms with van der Waals surface area (Å²) >= 11 is 0. The first-order valence-electron chi connectivity index (χ1n) is 6.81. The highest BCUT2D eigenvalue weighted by atomic mass is 19.1. The highest BCUT2D eigenvalue weighted by Crippen LogP contribution is 2.29. The van der Waals surface area contributed by atoms with Crippen molar-refractivity contribution in [1.82, 2.24) is 4.90 Å². The van der Waals surface area contributed by atoms with Crippen molar-refractivity contribution in [3.63, 3.8) is 0 Å². The largest absolute Gasteiger partial charge is 0.326 e. The smallest absolute Gasteiger partial charge is 0.127 e.